The molecule has 0 radical (unpaired) electrons. The Balaban J connectivity index is 0. The van der Waals surface area contributed by atoms with E-state index in [9.17, 15) is 14.4 Å². The highest BCUT2D eigenvalue weighted by molar-refractivity contribution is 5.70. The van der Waals surface area contributed by atoms with E-state index in [-0.39, 0.29) is 30.2 Å². The fraction of sp³-hybridized carbons (Fsp3) is 0.914. The lowest BCUT2D eigenvalue weighted by Crippen LogP contribution is -2.33. The van der Waals surface area contributed by atoms with Crippen LogP contribution in [0.3, 0.4) is 0 Å². The van der Waals surface area contributed by atoms with E-state index in [0.717, 1.165) is 70.6 Å². The van der Waals surface area contributed by atoms with Crippen LogP contribution < -0.4 is 11.1 Å². The average molecular weight is 615 g/mol. The highest BCUT2D eigenvalue weighted by Crippen LogP contribution is 2.14. The summed E-state index contributed by atoms with van der Waals surface area (Å²) in [6, 6.07) is 0. The van der Waals surface area contributed by atoms with Gasteiger partial charge in [0.05, 0.1) is 0 Å². The van der Waals surface area contributed by atoms with Gasteiger partial charge >= 0.3 is 18.0 Å². The van der Waals surface area contributed by atoms with Crippen LogP contribution >= 0.6 is 0 Å². The topological polar surface area (TPSA) is 117 Å². The van der Waals surface area contributed by atoms with E-state index in [4.69, 9.17) is 19.9 Å². The Hall–Kier alpha value is -1.83. The first-order chi connectivity index (χ1) is 20.5. The minimum Gasteiger partial charge on any atom is -0.462 e. The highest BCUT2D eigenvalue weighted by atomic mass is 16.6. The van der Waals surface area contributed by atoms with Crippen LogP contribution in [0.1, 0.15) is 177 Å². The van der Waals surface area contributed by atoms with Crippen molar-refractivity contribution in [1.29, 1.82) is 0 Å². The van der Waals surface area contributed by atoms with Crippen LogP contribution in [0.25, 0.3) is 0 Å². The first kappa shape index (κ1) is 43.3. The molecular weight excluding hydrogens is 544 g/mol. The monoisotopic (exact) mass is 615 g/mol. The Morgan fingerprint density at radius 1 is 0.628 bits per heavy atom. The van der Waals surface area contributed by atoms with Gasteiger partial charge in [-0.15, -0.1) is 0 Å². The fourth-order valence-corrected chi connectivity index (χ4v) is 4.45. The summed E-state index contributed by atoms with van der Waals surface area (Å²) in [4.78, 5) is 35.0. The van der Waals surface area contributed by atoms with E-state index in [2.05, 4.69) is 33.0 Å². The SMILES string of the molecule is CCCCCCC(CC)OC(=O)CCCCCN.CCCCCCC(CC)OC(=O)CCCCCNC(=O)OC(C)(C)C. The van der Waals surface area contributed by atoms with Crippen molar-refractivity contribution in [2.24, 2.45) is 5.73 Å². The van der Waals surface area contributed by atoms with E-state index in [0.29, 0.717) is 25.9 Å². The zero-order valence-corrected chi connectivity index (χ0v) is 29.2. The van der Waals surface area contributed by atoms with Gasteiger partial charge in [-0.3, -0.25) is 9.59 Å². The molecule has 2 atom stereocenters. The summed E-state index contributed by atoms with van der Waals surface area (Å²) in [5, 5.41) is 2.72. The number of hydrogen-bond donors (Lipinski definition) is 2. The standard InChI is InChI=1S/C20H39NO4.C15H31NO2/c1-6-8-9-11-14-17(7-2)24-18(22)15-12-10-13-16-21-19(23)25-20(3,4)5;1-3-5-6-8-11-14(4-2)18-15(17)12-9-7-10-13-16/h17H,6-16H2,1-5H3,(H,21,23);14H,3-13,16H2,1-2H3. The van der Waals surface area contributed by atoms with Crippen LogP contribution in [0.4, 0.5) is 4.79 Å². The molecule has 256 valence electrons. The van der Waals surface area contributed by atoms with Crippen molar-refractivity contribution in [3.05, 3.63) is 0 Å². The van der Waals surface area contributed by atoms with Gasteiger partial charge in [-0.25, -0.2) is 4.79 Å². The number of carbonyl (C=O) groups is 3. The third-order valence-electron chi connectivity index (χ3n) is 7.08. The molecule has 0 saturated heterocycles. The van der Waals surface area contributed by atoms with Crippen molar-refractivity contribution >= 4 is 18.0 Å². The average Bonchev–Trinajstić information content (AvgIpc) is 2.95. The van der Waals surface area contributed by atoms with Gasteiger partial charge in [-0.1, -0.05) is 79.1 Å². The summed E-state index contributed by atoms with van der Waals surface area (Å²) >= 11 is 0. The normalized spacial score (nSPS) is 12.5. The van der Waals surface area contributed by atoms with Gasteiger partial charge in [0.1, 0.15) is 17.8 Å². The number of rotatable bonds is 25. The summed E-state index contributed by atoms with van der Waals surface area (Å²) in [7, 11) is 0. The molecule has 8 nitrogen and oxygen atoms in total. The highest BCUT2D eigenvalue weighted by Gasteiger charge is 2.16. The van der Waals surface area contributed by atoms with Crippen molar-refractivity contribution in [1.82, 2.24) is 5.32 Å². The maximum absolute atomic E-state index is 11.9. The molecule has 0 aliphatic rings. The Morgan fingerprint density at radius 3 is 1.47 bits per heavy atom. The molecule has 0 aromatic heterocycles. The van der Waals surface area contributed by atoms with Gasteiger partial charge in [0.15, 0.2) is 0 Å². The predicted molar refractivity (Wildman–Crippen MR) is 178 cm³/mol. The first-order valence-corrected chi connectivity index (χ1v) is 17.6. The van der Waals surface area contributed by atoms with Crippen LogP contribution in [0.2, 0.25) is 0 Å². The number of carbonyl (C=O) groups excluding carboxylic acids is 3. The first-order valence-electron chi connectivity index (χ1n) is 17.6. The molecule has 0 aliphatic heterocycles. The second kappa shape index (κ2) is 30.2. The Kier molecular flexibility index (Phi) is 30.4. The van der Waals surface area contributed by atoms with Crippen molar-refractivity contribution in [2.75, 3.05) is 13.1 Å². The fourth-order valence-electron chi connectivity index (χ4n) is 4.45. The molecule has 0 bridgehead atoms. The van der Waals surface area contributed by atoms with Gasteiger partial charge in [-0.2, -0.15) is 0 Å². The summed E-state index contributed by atoms with van der Waals surface area (Å²) in [5.74, 6) is -0.128. The van der Waals surface area contributed by atoms with Gasteiger partial charge in [0.2, 0.25) is 0 Å². The molecule has 8 heteroatoms. The van der Waals surface area contributed by atoms with Crippen LogP contribution in [-0.4, -0.2) is 48.9 Å². The maximum atomic E-state index is 11.9. The molecule has 2 unspecified atom stereocenters. The minimum atomic E-state index is -0.472. The maximum Gasteiger partial charge on any atom is 0.407 e. The lowest BCUT2D eigenvalue weighted by molar-refractivity contribution is -0.150. The van der Waals surface area contributed by atoms with E-state index in [1.807, 2.05) is 20.8 Å². The summed E-state index contributed by atoms with van der Waals surface area (Å²) in [6.07, 6.45) is 19.8. The molecule has 43 heavy (non-hydrogen) atoms. The summed E-state index contributed by atoms with van der Waals surface area (Å²) < 4.78 is 16.2. The Bertz CT molecular complexity index is 665. The van der Waals surface area contributed by atoms with E-state index < -0.39 is 5.60 Å². The number of alkyl carbamates (subject to hydrolysis) is 1. The zero-order chi connectivity index (χ0) is 32.8. The van der Waals surface area contributed by atoms with Crippen molar-refractivity contribution < 1.29 is 28.6 Å². The minimum absolute atomic E-state index is 0.0330. The number of unbranched alkanes of at least 4 members (excludes halogenated alkanes) is 10. The number of ether oxygens (including phenoxy) is 3. The molecule has 0 aliphatic carbocycles. The molecule has 0 fully saturated rings. The quantitative estimate of drug-likeness (QED) is 0.0598. The smallest absolute Gasteiger partial charge is 0.407 e. The van der Waals surface area contributed by atoms with Crippen LogP contribution in [0.5, 0.6) is 0 Å². The molecule has 1 amide bonds. The van der Waals surface area contributed by atoms with Crippen LogP contribution in [0.15, 0.2) is 0 Å². The zero-order valence-electron chi connectivity index (χ0n) is 29.2. The summed E-state index contributed by atoms with van der Waals surface area (Å²) in [5.41, 5.74) is 4.94. The Morgan fingerprint density at radius 2 is 1.07 bits per heavy atom. The van der Waals surface area contributed by atoms with Crippen LogP contribution in [-0.2, 0) is 23.8 Å². The van der Waals surface area contributed by atoms with E-state index >= 15 is 0 Å². The third kappa shape index (κ3) is 32.9. The summed E-state index contributed by atoms with van der Waals surface area (Å²) in [6.45, 7) is 15.4. The molecule has 0 spiro atoms. The number of nitrogens with two attached hydrogens (primary N) is 1. The van der Waals surface area contributed by atoms with E-state index in [1.165, 1.54) is 44.9 Å². The van der Waals surface area contributed by atoms with Crippen molar-refractivity contribution in [2.45, 2.75) is 195 Å². The van der Waals surface area contributed by atoms with Crippen LogP contribution in [0, 0.1) is 0 Å². The van der Waals surface area contributed by atoms with Gasteiger partial charge in [0.25, 0.3) is 0 Å². The van der Waals surface area contributed by atoms with Gasteiger partial charge < -0.3 is 25.3 Å². The molecule has 0 aromatic rings. The number of nitrogens with one attached hydrogen (secondary N) is 1. The lowest BCUT2D eigenvalue weighted by atomic mass is 10.1. The number of amides is 1. The molecule has 0 heterocycles. The van der Waals surface area contributed by atoms with E-state index in [1.54, 1.807) is 0 Å². The number of esters is 2. The third-order valence-corrected chi connectivity index (χ3v) is 7.08. The largest absolute Gasteiger partial charge is 0.462 e. The Labute approximate surface area is 265 Å². The second-order valence-corrected chi connectivity index (χ2v) is 12.6. The van der Waals surface area contributed by atoms with Crippen molar-refractivity contribution in [3.8, 4) is 0 Å². The van der Waals surface area contributed by atoms with Crippen molar-refractivity contribution in [3.63, 3.8) is 0 Å². The molecule has 0 saturated carbocycles. The van der Waals surface area contributed by atoms with Gasteiger partial charge in [-0.05, 0) is 91.5 Å². The molecule has 0 rings (SSSR count). The molecule has 0 aromatic carbocycles. The predicted octanol–water partition coefficient (Wildman–Crippen LogP) is 9.16. The lowest BCUT2D eigenvalue weighted by Gasteiger charge is -2.19. The second-order valence-electron chi connectivity index (χ2n) is 12.6. The molecular formula is C35H70N2O6. The molecule has 3 N–H and O–H groups in total. The van der Waals surface area contributed by atoms with Gasteiger partial charge in [0, 0.05) is 19.4 Å². The number of hydrogen-bond acceptors (Lipinski definition) is 7.